The van der Waals surface area contributed by atoms with E-state index in [-0.39, 0.29) is 6.54 Å². The van der Waals surface area contributed by atoms with Crippen molar-refractivity contribution in [2.24, 2.45) is 5.92 Å². The second kappa shape index (κ2) is 8.94. The first kappa shape index (κ1) is 23.8. The summed E-state index contributed by atoms with van der Waals surface area (Å²) in [5.74, 6) is -1.49. The first-order valence-corrected chi connectivity index (χ1v) is 10.8. The molecule has 0 spiro atoms. The van der Waals surface area contributed by atoms with E-state index in [1.54, 1.807) is 34.6 Å². The third kappa shape index (κ3) is 4.80. The van der Waals surface area contributed by atoms with Crippen LogP contribution in [-0.2, 0) is 14.3 Å². The molecule has 1 aromatic rings. The lowest BCUT2D eigenvalue weighted by molar-refractivity contribution is -0.137. The molecule has 8 heteroatoms. The highest BCUT2D eigenvalue weighted by molar-refractivity contribution is 5.95. The van der Waals surface area contributed by atoms with Gasteiger partial charge in [-0.15, -0.1) is 0 Å². The summed E-state index contributed by atoms with van der Waals surface area (Å²) in [6.07, 6.45) is -2.75. The largest absolute Gasteiger partial charge is 0.444 e. The summed E-state index contributed by atoms with van der Waals surface area (Å²) in [4.78, 5) is 40.9. The standard InChI is InChI=1S/C24H32N2O6/c1-14-12-18(25(13-14)22(29)32-24(4,5)6)19(27)15(2)21(28)26-16(3)20(31-23(26)30)17-10-8-7-9-11-17/h7-11,15-16,18-20,27H,1,12-13H2,2-6H3/t15-,16-,18+,19-,20-/m1/s1. The zero-order valence-corrected chi connectivity index (χ0v) is 19.3. The SMILES string of the molecule is C=C1C[C@@H]([C@H](O)[C@@H](C)C(=O)N2C(=O)O[C@@H](c3ccccc3)[C@H]2C)N(C(=O)OC(C)(C)C)C1. The Balaban J connectivity index is 1.75. The van der Waals surface area contributed by atoms with Crippen LogP contribution >= 0.6 is 0 Å². The molecule has 0 unspecified atom stereocenters. The van der Waals surface area contributed by atoms with Crippen LogP contribution in [0.3, 0.4) is 0 Å². The van der Waals surface area contributed by atoms with Gasteiger partial charge in [0.25, 0.3) is 0 Å². The van der Waals surface area contributed by atoms with Crippen molar-refractivity contribution in [3.8, 4) is 0 Å². The van der Waals surface area contributed by atoms with E-state index in [9.17, 15) is 19.5 Å². The zero-order chi connectivity index (χ0) is 23.8. The summed E-state index contributed by atoms with van der Waals surface area (Å²) in [6, 6.07) is 8.00. The highest BCUT2D eigenvalue weighted by atomic mass is 16.6. The number of likely N-dealkylation sites (tertiary alicyclic amines) is 1. The summed E-state index contributed by atoms with van der Waals surface area (Å²) in [5, 5.41) is 11.0. The molecule has 2 saturated heterocycles. The Morgan fingerprint density at radius 2 is 1.88 bits per heavy atom. The fraction of sp³-hybridized carbons (Fsp3) is 0.542. The van der Waals surface area contributed by atoms with E-state index < -0.39 is 53.9 Å². The highest BCUT2D eigenvalue weighted by Crippen LogP contribution is 2.35. The molecule has 0 aliphatic carbocycles. The lowest BCUT2D eigenvalue weighted by atomic mass is 9.93. The molecule has 0 radical (unpaired) electrons. The molecule has 1 aromatic carbocycles. The molecule has 32 heavy (non-hydrogen) atoms. The maximum atomic E-state index is 13.2. The molecule has 5 atom stereocenters. The van der Waals surface area contributed by atoms with Gasteiger partial charge in [-0.05, 0) is 39.7 Å². The zero-order valence-electron chi connectivity index (χ0n) is 19.3. The number of nitrogens with zero attached hydrogens (tertiary/aromatic N) is 2. The van der Waals surface area contributed by atoms with E-state index in [0.717, 1.165) is 16.0 Å². The van der Waals surface area contributed by atoms with Crippen molar-refractivity contribution < 1.29 is 29.0 Å². The summed E-state index contributed by atoms with van der Waals surface area (Å²) >= 11 is 0. The van der Waals surface area contributed by atoms with Crippen LogP contribution in [0.1, 0.15) is 52.7 Å². The van der Waals surface area contributed by atoms with Gasteiger partial charge in [0.1, 0.15) is 11.7 Å². The Hall–Kier alpha value is -2.87. The number of benzene rings is 1. The van der Waals surface area contributed by atoms with E-state index in [0.29, 0.717) is 6.42 Å². The molecule has 2 fully saturated rings. The van der Waals surface area contributed by atoms with Crippen molar-refractivity contribution >= 4 is 18.1 Å². The number of carbonyl (C=O) groups excluding carboxylic acids is 3. The number of amides is 3. The van der Waals surface area contributed by atoms with Gasteiger partial charge >= 0.3 is 12.2 Å². The second-order valence-electron chi connectivity index (χ2n) is 9.57. The van der Waals surface area contributed by atoms with Crippen LogP contribution in [0.2, 0.25) is 0 Å². The molecule has 0 bridgehead atoms. The molecular formula is C24H32N2O6. The lowest BCUT2D eigenvalue weighted by Gasteiger charge is -2.33. The van der Waals surface area contributed by atoms with Crippen molar-refractivity contribution in [3.63, 3.8) is 0 Å². The molecule has 174 valence electrons. The molecule has 3 amide bonds. The molecule has 1 N–H and O–H groups in total. The Kier molecular flexibility index (Phi) is 6.64. The summed E-state index contributed by atoms with van der Waals surface area (Å²) in [6.45, 7) is 12.8. The fourth-order valence-electron chi connectivity index (χ4n) is 4.20. The number of ether oxygens (including phenoxy) is 2. The average Bonchev–Trinajstić information content (AvgIpc) is 3.25. The molecule has 2 aliphatic rings. The number of imide groups is 1. The quantitative estimate of drug-likeness (QED) is 0.712. The molecule has 8 nitrogen and oxygen atoms in total. The van der Waals surface area contributed by atoms with Crippen LogP contribution in [0.15, 0.2) is 42.5 Å². The number of rotatable bonds is 4. The van der Waals surface area contributed by atoms with Crippen LogP contribution in [0, 0.1) is 5.92 Å². The van der Waals surface area contributed by atoms with E-state index in [2.05, 4.69) is 6.58 Å². The molecule has 0 saturated carbocycles. The van der Waals surface area contributed by atoms with Crippen LogP contribution in [0.25, 0.3) is 0 Å². The third-order valence-electron chi connectivity index (χ3n) is 5.85. The molecule has 0 aromatic heterocycles. The molecule has 3 rings (SSSR count). The van der Waals surface area contributed by atoms with Gasteiger partial charge in [0, 0.05) is 6.54 Å². The average molecular weight is 445 g/mol. The second-order valence-corrected chi connectivity index (χ2v) is 9.57. The predicted octanol–water partition coefficient (Wildman–Crippen LogP) is 3.66. The first-order valence-electron chi connectivity index (χ1n) is 10.8. The molecular weight excluding hydrogens is 412 g/mol. The summed E-state index contributed by atoms with van der Waals surface area (Å²) in [7, 11) is 0. The fourth-order valence-corrected chi connectivity index (χ4v) is 4.20. The maximum absolute atomic E-state index is 13.2. The van der Waals surface area contributed by atoms with E-state index >= 15 is 0 Å². The van der Waals surface area contributed by atoms with Gasteiger partial charge in [-0.25, -0.2) is 14.5 Å². The van der Waals surface area contributed by atoms with Gasteiger partial charge in [-0.2, -0.15) is 0 Å². The van der Waals surface area contributed by atoms with E-state index in [4.69, 9.17) is 9.47 Å². The molecule has 2 heterocycles. The van der Waals surface area contributed by atoms with Gasteiger partial charge in [-0.1, -0.05) is 49.4 Å². The first-order chi connectivity index (χ1) is 14.9. The topological polar surface area (TPSA) is 96.4 Å². The van der Waals surface area contributed by atoms with Crippen molar-refractivity contribution in [2.45, 2.75) is 70.9 Å². The van der Waals surface area contributed by atoms with Gasteiger partial charge in [0.05, 0.1) is 24.1 Å². The summed E-state index contributed by atoms with van der Waals surface area (Å²) < 4.78 is 10.9. The van der Waals surface area contributed by atoms with Gasteiger partial charge in [0.15, 0.2) is 0 Å². The minimum absolute atomic E-state index is 0.246. The van der Waals surface area contributed by atoms with Crippen molar-refractivity contribution in [2.75, 3.05) is 6.54 Å². The summed E-state index contributed by atoms with van der Waals surface area (Å²) in [5.41, 5.74) is 0.858. The van der Waals surface area contributed by atoms with Crippen LogP contribution < -0.4 is 0 Å². The van der Waals surface area contributed by atoms with Crippen LogP contribution in [-0.4, -0.2) is 63.3 Å². The third-order valence-corrected chi connectivity index (χ3v) is 5.85. The Labute approximate surface area is 188 Å². The number of aliphatic hydroxyl groups excluding tert-OH is 1. The lowest BCUT2D eigenvalue weighted by Crippen LogP contribution is -2.51. The highest BCUT2D eigenvalue weighted by Gasteiger charge is 2.48. The van der Waals surface area contributed by atoms with Gasteiger partial charge in [0.2, 0.25) is 5.91 Å². The van der Waals surface area contributed by atoms with E-state index in [1.807, 2.05) is 30.3 Å². The Morgan fingerprint density at radius 1 is 1.25 bits per heavy atom. The van der Waals surface area contributed by atoms with E-state index in [1.165, 1.54) is 4.90 Å². The molecule has 2 aliphatic heterocycles. The van der Waals surface area contributed by atoms with Crippen LogP contribution in [0.4, 0.5) is 9.59 Å². The van der Waals surface area contributed by atoms with Crippen molar-refractivity contribution in [1.82, 2.24) is 9.80 Å². The van der Waals surface area contributed by atoms with Crippen molar-refractivity contribution in [3.05, 3.63) is 48.0 Å². The Morgan fingerprint density at radius 3 is 2.47 bits per heavy atom. The number of cyclic esters (lactones) is 1. The monoisotopic (exact) mass is 444 g/mol. The smallest absolute Gasteiger partial charge is 0.417 e. The number of hydrogen-bond donors (Lipinski definition) is 1. The minimum Gasteiger partial charge on any atom is -0.444 e. The van der Waals surface area contributed by atoms with Crippen LogP contribution in [0.5, 0.6) is 0 Å². The maximum Gasteiger partial charge on any atom is 0.417 e. The van der Waals surface area contributed by atoms with Crippen molar-refractivity contribution in [1.29, 1.82) is 0 Å². The number of carbonyl (C=O) groups is 3. The minimum atomic E-state index is -1.20. The van der Waals surface area contributed by atoms with Gasteiger partial charge in [-0.3, -0.25) is 9.69 Å². The Bertz CT molecular complexity index is 894. The number of hydrogen-bond acceptors (Lipinski definition) is 6. The predicted molar refractivity (Wildman–Crippen MR) is 118 cm³/mol. The van der Waals surface area contributed by atoms with Gasteiger partial charge < -0.3 is 14.6 Å². The number of aliphatic hydroxyl groups is 1. The normalized spacial score (nSPS) is 25.5.